The van der Waals surface area contributed by atoms with Gasteiger partial charge in [0, 0.05) is 0 Å². The third-order valence-corrected chi connectivity index (χ3v) is 2.80. The molecule has 5 heteroatoms. The van der Waals surface area contributed by atoms with Crippen LogP contribution < -0.4 is 11.1 Å². The molecule has 0 aliphatic heterocycles. The summed E-state index contributed by atoms with van der Waals surface area (Å²) in [7, 11) is 0. The highest BCUT2D eigenvalue weighted by Crippen LogP contribution is 2.30. The number of phenolic OH excluding ortho intramolecular Hbond substituents is 2. The van der Waals surface area contributed by atoms with Gasteiger partial charge in [-0.2, -0.15) is 0 Å². The first-order valence-electron chi connectivity index (χ1n) is 5.68. The maximum absolute atomic E-state index is 12.1. The molecule has 0 saturated carbocycles. The first kappa shape index (κ1) is 12.8. The molecule has 0 aliphatic rings. The van der Waals surface area contributed by atoms with Gasteiger partial charge in [-0.1, -0.05) is 18.2 Å². The molecule has 5 N–H and O–H groups in total. The summed E-state index contributed by atoms with van der Waals surface area (Å²) in [4.78, 5) is 12.1. The Balaban J connectivity index is 2.34. The molecule has 1 amide bonds. The number of carbonyl (C=O) groups excluding carboxylic acids is 1. The van der Waals surface area contributed by atoms with Crippen molar-refractivity contribution in [2.75, 3.05) is 11.1 Å². The predicted octanol–water partition coefficient (Wildman–Crippen LogP) is 2.24. The van der Waals surface area contributed by atoms with Crippen LogP contribution in [0.25, 0.3) is 0 Å². The van der Waals surface area contributed by atoms with E-state index in [0.717, 1.165) is 5.56 Å². The highest BCUT2D eigenvalue weighted by Gasteiger charge is 2.15. The van der Waals surface area contributed by atoms with Crippen LogP contribution in [-0.2, 0) is 0 Å². The number of nitrogen functional groups attached to an aromatic ring is 1. The van der Waals surface area contributed by atoms with Crippen molar-refractivity contribution in [3.63, 3.8) is 0 Å². The molecule has 0 fully saturated rings. The summed E-state index contributed by atoms with van der Waals surface area (Å²) in [6, 6.07) is 9.46. The zero-order valence-corrected chi connectivity index (χ0v) is 10.3. The van der Waals surface area contributed by atoms with E-state index >= 15 is 0 Å². The Morgan fingerprint density at radius 3 is 2.53 bits per heavy atom. The highest BCUT2D eigenvalue weighted by atomic mass is 16.3. The van der Waals surface area contributed by atoms with E-state index in [2.05, 4.69) is 5.32 Å². The van der Waals surface area contributed by atoms with Crippen LogP contribution >= 0.6 is 0 Å². The van der Waals surface area contributed by atoms with E-state index in [0.29, 0.717) is 11.4 Å². The molecular formula is C14H14N2O3. The van der Waals surface area contributed by atoms with Gasteiger partial charge in [0.05, 0.1) is 16.9 Å². The lowest BCUT2D eigenvalue weighted by Gasteiger charge is -2.12. The Morgan fingerprint density at radius 2 is 1.84 bits per heavy atom. The van der Waals surface area contributed by atoms with Crippen LogP contribution in [0, 0.1) is 6.92 Å². The summed E-state index contributed by atoms with van der Waals surface area (Å²) in [5.74, 6) is -1.33. The minimum atomic E-state index is -0.533. The Bertz CT molecular complexity index is 618. The van der Waals surface area contributed by atoms with Crippen LogP contribution in [0.5, 0.6) is 11.5 Å². The third-order valence-electron chi connectivity index (χ3n) is 2.80. The van der Waals surface area contributed by atoms with Crippen molar-refractivity contribution in [2.24, 2.45) is 0 Å². The Kier molecular flexibility index (Phi) is 3.29. The number of aryl methyl sites for hydroxylation is 1. The monoisotopic (exact) mass is 258 g/mol. The minimum Gasteiger partial charge on any atom is -0.504 e. The fourth-order valence-corrected chi connectivity index (χ4v) is 1.76. The summed E-state index contributed by atoms with van der Waals surface area (Å²) in [5.41, 5.74) is 7.52. The van der Waals surface area contributed by atoms with Crippen molar-refractivity contribution in [1.29, 1.82) is 0 Å². The number of carbonyl (C=O) groups is 1. The van der Waals surface area contributed by atoms with E-state index < -0.39 is 11.7 Å². The zero-order valence-electron chi connectivity index (χ0n) is 10.3. The van der Waals surface area contributed by atoms with Gasteiger partial charge in [-0.15, -0.1) is 0 Å². The van der Waals surface area contributed by atoms with Crippen molar-refractivity contribution in [2.45, 2.75) is 6.92 Å². The molecule has 0 unspecified atom stereocenters. The second-order valence-corrected chi connectivity index (χ2v) is 4.17. The molecule has 0 spiro atoms. The van der Waals surface area contributed by atoms with Crippen molar-refractivity contribution >= 4 is 17.3 Å². The van der Waals surface area contributed by atoms with Gasteiger partial charge < -0.3 is 21.3 Å². The second kappa shape index (κ2) is 4.89. The number of rotatable bonds is 2. The van der Waals surface area contributed by atoms with Gasteiger partial charge in [0.15, 0.2) is 11.5 Å². The van der Waals surface area contributed by atoms with Crippen LogP contribution in [0.3, 0.4) is 0 Å². The largest absolute Gasteiger partial charge is 0.504 e. The maximum Gasteiger partial charge on any atom is 0.259 e. The van der Waals surface area contributed by atoms with E-state index in [1.165, 1.54) is 18.2 Å². The number of amides is 1. The summed E-state index contributed by atoms with van der Waals surface area (Å²) in [6.45, 7) is 1.81. The van der Waals surface area contributed by atoms with Gasteiger partial charge in [0.2, 0.25) is 0 Å². The topological polar surface area (TPSA) is 95.6 Å². The summed E-state index contributed by atoms with van der Waals surface area (Å²) < 4.78 is 0. The molecule has 2 aromatic rings. The predicted molar refractivity (Wildman–Crippen MR) is 73.3 cm³/mol. The van der Waals surface area contributed by atoms with Crippen molar-refractivity contribution in [3.8, 4) is 11.5 Å². The zero-order chi connectivity index (χ0) is 14.0. The average Bonchev–Trinajstić information content (AvgIpc) is 2.37. The summed E-state index contributed by atoms with van der Waals surface area (Å²) >= 11 is 0. The molecule has 2 aromatic carbocycles. The lowest BCUT2D eigenvalue weighted by Crippen LogP contribution is -2.14. The smallest absolute Gasteiger partial charge is 0.259 e. The lowest BCUT2D eigenvalue weighted by atomic mass is 10.1. The Hall–Kier alpha value is -2.69. The highest BCUT2D eigenvalue weighted by molar-refractivity contribution is 6.08. The van der Waals surface area contributed by atoms with E-state index in [-0.39, 0.29) is 11.3 Å². The van der Waals surface area contributed by atoms with Crippen molar-refractivity contribution in [1.82, 2.24) is 0 Å². The van der Waals surface area contributed by atoms with Crippen molar-refractivity contribution in [3.05, 3.63) is 47.5 Å². The maximum atomic E-state index is 12.1. The first-order valence-corrected chi connectivity index (χ1v) is 5.68. The first-order chi connectivity index (χ1) is 9.00. The standard InChI is InChI=1S/C14H14N2O3/c1-8-4-2-6-10(15)12(8)16-14(19)9-5-3-7-11(17)13(9)18/h2-7,17-18H,15H2,1H3,(H,16,19). The molecule has 0 radical (unpaired) electrons. The Labute approximate surface area is 110 Å². The van der Waals surface area contributed by atoms with Crippen LogP contribution in [-0.4, -0.2) is 16.1 Å². The Morgan fingerprint density at radius 1 is 1.16 bits per heavy atom. The molecule has 0 aromatic heterocycles. The lowest BCUT2D eigenvalue weighted by molar-refractivity contribution is 0.102. The quantitative estimate of drug-likeness (QED) is 0.490. The average molecular weight is 258 g/mol. The number of hydrogen-bond acceptors (Lipinski definition) is 4. The number of nitrogens with two attached hydrogens (primary N) is 1. The minimum absolute atomic E-state index is 0.0114. The fourth-order valence-electron chi connectivity index (χ4n) is 1.76. The third kappa shape index (κ3) is 2.44. The van der Waals surface area contributed by atoms with Crippen LogP contribution in [0.4, 0.5) is 11.4 Å². The van der Waals surface area contributed by atoms with E-state index in [1.807, 2.05) is 13.0 Å². The summed E-state index contributed by atoms with van der Waals surface area (Å²) in [6.07, 6.45) is 0. The number of benzene rings is 2. The van der Waals surface area contributed by atoms with Crippen LogP contribution in [0.1, 0.15) is 15.9 Å². The van der Waals surface area contributed by atoms with Gasteiger partial charge in [-0.25, -0.2) is 0 Å². The molecule has 0 bridgehead atoms. The number of phenols is 2. The summed E-state index contributed by atoms with van der Waals surface area (Å²) in [5, 5.41) is 21.6. The fraction of sp³-hybridized carbons (Fsp3) is 0.0714. The molecule has 98 valence electrons. The molecule has 0 saturated heterocycles. The molecule has 19 heavy (non-hydrogen) atoms. The number of nitrogens with one attached hydrogen (secondary N) is 1. The van der Waals surface area contributed by atoms with Gasteiger partial charge in [-0.05, 0) is 30.7 Å². The molecule has 5 nitrogen and oxygen atoms in total. The van der Waals surface area contributed by atoms with Crippen LogP contribution in [0.15, 0.2) is 36.4 Å². The van der Waals surface area contributed by atoms with Gasteiger partial charge in [0.1, 0.15) is 0 Å². The van der Waals surface area contributed by atoms with Gasteiger partial charge in [0.25, 0.3) is 5.91 Å². The molecule has 0 aliphatic carbocycles. The normalized spacial score (nSPS) is 10.2. The van der Waals surface area contributed by atoms with E-state index in [4.69, 9.17) is 5.73 Å². The van der Waals surface area contributed by atoms with Gasteiger partial charge in [-0.3, -0.25) is 4.79 Å². The molecule has 2 rings (SSSR count). The second-order valence-electron chi connectivity index (χ2n) is 4.17. The molecule has 0 heterocycles. The van der Waals surface area contributed by atoms with Gasteiger partial charge >= 0.3 is 0 Å². The number of aromatic hydroxyl groups is 2. The van der Waals surface area contributed by atoms with E-state index in [1.54, 1.807) is 12.1 Å². The van der Waals surface area contributed by atoms with Crippen molar-refractivity contribution < 1.29 is 15.0 Å². The molecule has 0 atom stereocenters. The SMILES string of the molecule is Cc1cccc(N)c1NC(=O)c1cccc(O)c1O. The van der Waals surface area contributed by atoms with E-state index in [9.17, 15) is 15.0 Å². The van der Waals surface area contributed by atoms with Crippen LogP contribution in [0.2, 0.25) is 0 Å². The molecular weight excluding hydrogens is 244 g/mol. The number of hydrogen-bond donors (Lipinski definition) is 4. The number of para-hydroxylation sites is 2. The number of anilines is 2.